The Bertz CT molecular complexity index is 391. The molecule has 12 heavy (non-hydrogen) atoms. The van der Waals surface area contributed by atoms with Gasteiger partial charge in [-0.05, 0) is 6.42 Å². The van der Waals surface area contributed by atoms with E-state index in [4.69, 9.17) is 4.74 Å². The molecule has 0 aliphatic rings. The maximum absolute atomic E-state index is 5.12. The lowest BCUT2D eigenvalue weighted by Gasteiger charge is -1.89. The van der Waals surface area contributed by atoms with E-state index in [0.717, 1.165) is 17.0 Å². The number of nitrogens with one attached hydrogen (secondary N) is 1. The van der Waals surface area contributed by atoms with Crippen molar-refractivity contribution in [3.05, 3.63) is 11.8 Å². The fourth-order valence-electron chi connectivity index (χ4n) is 1.18. The van der Waals surface area contributed by atoms with E-state index in [-0.39, 0.29) is 0 Å². The molecule has 3 nitrogen and oxygen atoms in total. The molecule has 2 aromatic rings. The van der Waals surface area contributed by atoms with Crippen molar-refractivity contribution in [2.24, 2.45) is 0 Å². The highest BCUT2D eigenvalue weighted by Gasteiger charge is 2.08. The Balaban J connectivity index is 2.60. The van der Waals surface area contributed by atoms with Crippen LogP contribution in [0.15, 0.2) is 6.07 Å². The van der Waals surface area contributed by atoms with Gasteiger partial charge in [-0.25, -0.2) is 0 Å². The molecule has 1 N–H and O–H groups in total. The molecule has 0 radical (unpaired) electrons. The second kappa shape index (κ2) is 2.79. The summed E-state index contributed by atoms with van der Waals surface area (Å²) in [5, 5.41) is 8.09. The van der Waals surface area contributed by atoms with Crippen molar-refractivity contribution in [3.63, 3.8) is 0 Å². The number of methoxy groups -OCH3 is 1. The number of hydrogen-bond donors (Lipinski definition) is 1. The Labute approximate surface area is 74.4 Å². The van der Waals surface area contributed by atoms with Crippen molar-refractivity contribution >= 4 is 21.6 Å². The van der Waals surface area contributed by atoms with Crippen molar-refractivity contribution in [2.45, 2.75) is 13.3 Å². The minimum Gasteiger partial charge on any atom is -0.487 e. The van der Waals surface area contributed by atoms with E-state index in [0.29, 0.717) is 0 Å². The SMILES string of the molecule is CCc1[nH]nc2cc(OC)sc12. The van der Waals surface area contributed by atoms with Gasteiger partial charge in [-0.3, -0.25) is 5.10 Å². The fraction of sp³-hybridized carbons (Fsp3) is 0.375. The van der Waals surface area contributed by atoms with Crippen LogP contribution in [-0.2, 0) is 6.42 Å². The van der Waals surface area contributed by atoms with Crippen LogP contribution in [0.25, 0.3) is 10.2 Å². The zero-order valence-electron chi connectivity index (χ0n) is 7.05. The van der Waals surface area contributed by atoms with Crippen LogP contribution in [0.3, 0.4) is 0 Å². The largest absolute Gasteiger partial charge is 0.487 e. The van der Waals surface area contributed by atoms with Crippen molar-refractivity contribution in [2.75, 3.05) is 7.11 Å². The molecule has 0 spiro atoms. The topological polar surface area (TPSA) is 37.9 Å². The minimum atomic E-state index is 0.927. The van der Waals surface area contributed by atoms with Gasteiger partial charge >= 0.3 is 0 Å². The lowest BCUT2D eigenvalue weighted by molar-refractivity contribution is 0.427. The first kappa shape index (κ1) is 7.61. The van der Waals surface area contributed by atoms with Gasteiger partial charge < -0.3 is 4.74 Å². The summed E-state index contributed by atoms with van der Waals surface area (Å²) < 4.78 is 6.34. The molecule has 0 fully saturated rings. The van der Waals surface area contributed by atoms with Gasteiger partial charge in [0.25, 0.3) is 0 Å². The second-order valence-electron chi connectivity index (χ2n) is 2.54. The van der Waals surface area contributed by atoms with E-state index in [1.165, 1.54) is 10.4 Å². The number of H-pyrrole nitrogens is 1. The average molecular weight is 182 g/mol. The molecule has 0 aliphatic heterocycles. The van der Waals surface area contributed by atoms with Crippen LogP contribution >= 0.6 is 11.3 Å². The fourth-order valence-corrected chi connectivity index (χ4v) is 2.15. The molecule has 0 aromatic carbocycles. The highest BCUT2D eigenvalue weighted by molar-refractivity contribution is 7.20. The molecule has 0 saturated carbocycles. The zero-order valence-corrected chi connectivity index (χ0v) is 7.86. The molecule has 2 heterocycles. The number of aromatic nitrogens is 2. The number of aromatic amines is 1. The van der Waals surface area contributed by atoms with Gasteiger partial charge in [0.2, 0.25) is 0 Å². The first-order chi connectivity index (χ1) is 5.85. The van der Waals surface area contributed by atoms with Crippen LogP contribution in [0.2, 0.25) is 0 Å². The van der Waals surface area contributed by atoms with Gasteiger partial charge in [0.15, 0.2) is 5.06 Å². The van der Waals surface area contributed by atoms with Crippen molar-refractivity contribution in [1.82, 2.24) is 10.2 Å². The van der Waals surface area contributed by atoms with Crippen LogP contribution in [0.5, 0.6) is 5.06 Å². The van der Waals surface area contributed by atoms with Gasteiger partial charge in [0.1, 0.15) is 5.52 Å². The van der Waals surface area contributed by atoms with Gasteiger partial charge in [0.05, 0.1) is 17.5 Å². The molecule has 2 aromatic heterocycles. The van der Waals surface area contributed by atoms with Crippen LogP contribution < -0.4 is 4.74 Å². The summed E-state index contributed by atoms with van der Waals surface area (Å²) in [4.78, 5) is 0. The quantitative estimate of drug-likeness (QED) is 0.773. The average Bonchev–Trinajstić information content (AvgIpc) is 2.61. The molecule has 64 valence electrons. The standard InChI is InChI=1S/C8H10N2OS/c1-3-5-8-6(10-9-5)4-7(11-2)12-8/h4H,3H2,1-2H3,(H,9,10). The summed E-state index contributed by atoms with van der Waals surface area (Å²) in [6.45, 7) is 2.11. The molecule has 0 aliphatic carbocycles. The van der Waals surface area contributed by atoms with Gasteiger partial charge in [-0.15, -0.1) is 0 Å². The molecular weight excluding hydrogens is 172 g/mol. The number of hydrogen-bond acceptors (Lipinski definition) is 3. The highest BCUT2D eigenvalue weighted by Crippen LogP contribution is 2.32. The third-order valence-corrected chi connectivity index (χ3v) is 2.98. The lowest BCUT2D eigenvalue weighted by atomic mass is 10.3. The molecule has 0 atom stereocenters. The van der Waals surface area contributed by atoms with Crippen LogP contribution in [0.1, 0.15) is 12.6 Å². The summed E-state index contributed by atoms with van der Waals surface area (Å²) >= 11 is 1.64. The van der Waals surface area contributed by atoms with Crippen molar-refractivity contribution < 1.29 is 4.74 Å². The summed E-state index contributed by atoms with van der Waals surface area (Å²) in [7, 11) is 1.68. The maximum Gasteiger partial charge on any atom is 0.176 e. The summed E-state index contributed by atoms with van der Waals surface area (Å²) in [5.74, 6) is 0. The lowest BCUT2D eigenvalue weighted by Crippen LogP contribution is -1.78. The molecule has 4 heteroatoms. The molecule has 0 unspecified atom stereocenters. The Morgan fingerprint density at radius 1 is 1.67 bits per heavy atom. The molecule has 0 saturated heterocycles. The van der Waals surface area contributed by atoms with E-state index in [9.17, 15) is 0 Å². The van der Waals surface area contributed by atoms with Crippen molar-refractivity contribution in [3.8, 4) is 5.06 Å². The third kappa shape index (κ3) is 0.992. The Hall–Kier alpha value is -1.03. The first-order valence-electron chi connectivity index (χ1n) is 3.86. The normalized spacial score (nSPS) is 10.8. The number of aryl methyl sites for hydroxylation is 1. The smallest absolute Gasteiger partial charge is 0.176 e. The molecule has 2 rings (SSSR count). The molecule has 0 amide bonds. The monoisotopic (exact) mass is 182 g/mol. The third-order valence-electron chi connectivity index (χ3n) is 1.83. The minimum absolute atomic E-state index is 0.927. The van der Waals surface area contributed by atoms with Crippen LogP contribution in [-0.4, -0.2) is 17.3 Å². The van der Waals surface area contributed by atoms with Gasteiger partial charge in [-0.1, -0.05) is 18.3 Å². The number of ether oxygens (including phenoxy) is 1. The Morgan fingerprint density at radius 3 is 3.17 bits per heavy atom. The number of nitrogens with zero attached hydrogens (tertiary/aromatic N) is 1. The number of rotatable bonds is 2. The van der Waals surface area contributed by atoms with E-state index >= 15 is 0 Å². The summed E-state index contributed by atoms with van der Waals surface area (Å²) in [6, 6.07) is 1.95. The van der Waals surface area contributed by atoms with E-state index in [1.54, 1.807) is 18.4 Å². The Morgan fingerprint density at radius 2 is 2.50 bits per heavy atom. The van der Waals surface area contributed by atoms with Crippen molar-refractivity contribution in [1.29, 1.82) is 0 Å². The summed E-state index contributed by atoms with van der Waals surface area (Å²) in [5.41, 5.74) is 2.20. The van der Waals surface area contributed by atoms with E-state index in [1.807, 2.05) is 6.07 Å². The zero-order chi connectivity index (χ0) is 8.55. The maximum atomic E-state index is 5.12. The van der Waals surface area contributed by atoms with E-state index < -0.39 is 0 Å². The van der Waals surface area contributed by atoms with Crippen LogP contribution in [0.4, 0.5) is 0 Å². The molecule has 0 bridgehead atoms. The molecular formula is C8H10N2OS. The van der Waals surface area contributed by atoms with Gasteiger partial charge in [-0.2, -0.15) is 5.10 Å². The second-order valence-corrected chi connectivity index (χ2v) is 3.55. The van der Waals surface area contributed by atoms with Gasteiger partial charge in [0, 0.05) is 6.07 Å². The summed E-state index contributed by atoms with van der Waals surface area (Å²) in [6.07, 6.45) is 0.986. The van der Waals surface area contributed by atoms with Crippen LogP contribution in [0, 0.1) is 0 Å². The van der Waals surface area contributed by atoms with E-state index in [2.05, 4.69) is 17.1 Å². The highest BCUT2D eigenvalue weighted by atomic mass is 32.1. The number of fused-ring (bicyclic) bond motifs is 1. The predicted octanol–water partition coefficient (Wildman–Crippen LogP) is 2.20. The first-order valence-corrected chi connectivity index (χ1v) is 4.67. The number of thiophene rings is 1. The Kier molecular flexibility index (Phi) is 1.77. The predicted molar refractivity (Wildman–Crippen MR) is 49.9 cm³/mol.